The lowest BCUT2D eigenvalue weighted by Crippen LogP contribution is -2.17. The summed E-state index contributed by atoms with van der Waals surface area (Å²) in [6.45, 7) is 1.84. The van der Waals surface area contributed by atoms with Crippen LogP contribution in [0.2, 0.25) is 0 Å². The first-order chi connectivity index (χ1) is 9.09. The van der Waals surface area contributed by atoms with E-state index in [0.29, 0.717) is 10.9 Å². The molecule has 0 atom stereocenters. The minimum Gasteiger partial charge on any atom is -0.478 e. The number of pyridine rings is 1. The first kappa shape index (κ1) is 11.4. The summed E-state index contributed by atoms with van der Waals surface area (Å²) < 4.78 is 1.27. The average molecular weight is 254 g/mol. The van der Waals surface area contributed by atoms with Gasteiger partial charge < -0.3 is 5.11 Å². The third kappa shape index (κ3) is 1.59. The Hall–Kier alpha value is -2.69. The molecule has 3 aromatic rings. The molecule has 1 N–H and O–H groups in total. The van der Waals surface area contributed by atoms with Gasteiger partial charge in [0.05, 0.1) is 10.9 Å². The lowest BCUT2D eigenvalue weighted by Gasteiger charge is -2.06. The van der Waals surface area contributed by atoms with E-state index in [1.807, 2.05) is 13.0 Å². The summed E-state index contributed by atoms with van der Waals surface area (Å²) in [7, 11) is 0. The Balaban J connectivity index is 2.62. The van der Waals surface area contributed by atoms with Gasteiger partial charge in [0.25, 0.3) is 5.56 Å². The van der Waals surface area contributed by atoms with E-state index in [0.717, 1.165) is 5.56 Å². The van der Waals surface area contributed by atoms with Crippen molar-refractivity contribution in [3.63, 3.8) is 0 Å². The molecule has 5 nitrogen and oxygen atoms in total. The van der Waals surface area contributed by atoms with Crippen LogP contribution in [0.15, 0.2) is 41.3 Å². The minimum atomic E-state index is -1.10. The minimum absolute atomic E-state index is 0.0183. The monoisotopic (exact) mass is 254 g/mol. The first-order valence-electron chi connectivity index (χ1n) is 5.73. The van der Waals surface area contributed by atoms with Crippen molar-refractivity contribution in [2.45, 2.75) is 6.92 Å². The quantitative estimate of drug-likeness (QED) is 0.673. The molecule has 0 fully saturated rings. The van der Waals surface area contributed by atoms with Crippen molar-refractivity contribution in [2.24, 2.45) is 0 Å². The van der Waals surface area contributed by atoms with E-state index in [4.69, 9.17) is 5.11 Å². The number of aryl methyl sites for hydroxylation is 1. The highest BCUT2D eigenvalue weighted by molar-refractivity contribution is 5.95. The fraction of sp³-hybridized carbons (Fsp3) is 0.0714. The Kier molecular flexibility index (Phi) is 2.35. The number of hydrogen-bond acceptors (Lipinski definition) is 3. The lowest BCUT2D eigenvalue weighted by molar-refractivity contribution is 0.0698. The zero-order chi connectivity index (χ0) is 13.6. The number of benzene rings is 1. The van der Waals surface area contributed by atoms with E-state index in [9.17, 15) is 9.59 Å². The maximum Gasteiger partial charge on any atom is 0.339 e. The van der Waals surface area contributed by atoms with E-state index in [1.54, 1.807) is 12.1 Å². The maximum atomic E-state index is 12.3. The van der Waals surface area contributed by atoms with E-state index < -0.39 is 5.97 Å². The Labute approximate surface area is 107 Å². The van der Waals surface area contributed by atoms with Gasteiger partial charge in [-0.05, 0) is 30.7 Å². The van der Waals surface area contributed by atoms with Gasteiger partial charge in [-0.25, -0.2) is 9.78 Å². The highest BCUT2D eigenvalue weighted by Gasteiger charge is 2.13. The molecule has 0 bridgehead atoms. The molecule has 0 saturated heterocycles. The maximum absolute atomic E-state index is 12.3. The number of carbonyl (C=O) groups is 1. The summed E-state index contributed by atoms with van der Waals surface area (Å²) in [6, 6.07) is 8.29. The van der Waals surface area contributed by atoms with Crippen LogP contribution in [0, 0.1) is 6.92 Å². The number of aromatic carboxylic acids is 1. The smallest absolute Gasteiger partial charge is 0.339 e. The van der Waals surface area contributed by atoms with Crippen molar-refractivity contribution < 1.29 is 9.90 Å². The van der Waals surface area contributed by atoms with Crippen molar-refractivity contribution in [1.29, 1.82) is 0 Å². The molecular weight excluding hydrogens is 244 g/mol. The van der Waals surface area contributed by atoms with Crippen molar-refractivity contribution in [1.82, 2.24) is 9.38 Å². The second-order valence-corrected chi connectivity index (χ2v) is 4.31. The van der Waals surface area contributed by atoms with Gasteiger partial charge in [0.1, 0.15) is 5.56 Å². The van der Waals surface area contributed by atoms with Crippen LogP contribution in [0.3, 0.4) is 0 Å². The van der Waals surface area contributed by atoms with Crippen LogP contribution in [0.1, 0.15) is 15.9 Å². The van der Waals surface area contributed by atoms with Gasteiger partial charge in [-0.15, -0.1) is 0 Å². The predicted octanol–water partition coefficient (Wildman–Crippen LogP) is 1.85. The summed E-state index contributed by atoms with van der Waals surface area (Å²) in [5.41, 5.74) is 1.32. The number of aromatic nitrogens is 2. The number of fused-ring (bicyclic) bond motifs is 2. The highest BCUT2D eigenvalue weighted by Crippen LogP contribution is 2.15. The molecule has 2 heterocycles. The molecule has 5 heteroatoms. The van der Waals surface area contributed by atoms with E-state index in [2.05, 4.69) is 4.98 Å². The average Bonchev–Trinajstić information content (AvgIpc) is 2.39. The van der Waals surface area contributed by atoms with Crippen LogP contribution in [-0.2, 0) is 0 Å². The standard InChI is InChI=1S/C14H10N2O3/c1-8-4-2-5-9-11(8)15-12-10(14(18)19)6-3-7-16(12)13(9)17/h2-7H,1H3,(H,18,19). The molecular formula is C14H10N2O3. The van der Waals surface area contributed by atoms with Crippen LogP contribution < -0.4 is 5.56 Å². The first-order valence-corrected chi connectivity index (χ1v) is 5.73. The SMILES string of the molecule is Cc1cccc2c(=O)n3cccc(C(=O)O)c3nc12. The van der Waals surface area contributed by atoms with E-state index >= 15 is 0 Å². The number of hydrogen-bond donors (Lipinski definition) is 1. The molecule has 2 aromatic heterocycles. The zero-order valence-corrected chi connectivity index (χ0v) is 10.1. The third-order valence-corrected chi connectivity index (χ3v) is 3.10. The molecule has 0 aliphatic carbocycles. The molecule has 0 saturated carbocycles. The van der Waals surface area contributed by atoms with Gasteiger partial charge in [-0.3, -0.25) is 9.20 Å². The summed E-state index contributed by atoms with van der Waals surface area (Å²) in [5, 5.41) is 9.65. The van der Waals surface area contributed by atoms with Gasteiger partial charge in [0.2, 0.25) is 0 Å². The summed E-state index contributed by atoms with van der Waals surface area (Å²) >= 11 is 0. The predicted molar refractivity (Wildman–Crippen MR) is 70.7 cm³/mol. The summed E-state index contributed by atoms with van der Waals surface area (Å²) in [5.74, 6) is -1.10. The molecule has 0 spiro atoms. The van der Waals surface area contributed by atoms with Gasteiger partial charge >= 0.3 is 5.97 Å². The van der Waals surface area contributed by atoms with Crippen molar-refractivity contribution in [3.8, 4) is 0 Å². The molecule has 1 aromatic carbocycles. The van der Waals surface area contributed by atoms with Crippen molar-refractivity contribution >= 4 is 22.5 Å². The number of nitrogens with zero attached hydrogens (tertiary/aromatic N) is 2. The Morgan fingerprint density at radius 3 is 2.79 bits per heavy atom. The molecule has 0 unspecified atom stereocenters. The highest BCUT2D eigenvalue weighted by atomic mass is 16.4. The van der Waals surface area contributed by atoms with Crippen LogP contribution in [0.5, 0.6) is 0 Å². The molecule has 19 heavy (non-hydrogen) atoms. The normalized spacial score (nSPS) is 11.0. The largest absolute Gasteiger partial charge is 0.478 e. The van der Waals surface area contributed by atoms with Crippen LogP contribution in [-0.4, -0.2) is 20.5 Å². The topological polar surface area (TPSA) is 71.7 Å². The summed E-state index contributed by atoms with van der Waals surface area (Å²) in [4.78, 5) is 27.9. The Morgan fingerprint density at radius 1 is 1.26 bits per heavy atom. The molecule has 0 aliphatic heterocycles. The van der Waals surface area contributed by atoms with Crippen LogP contribution >= 0.6 is 0 Å². The van der Waals surface area contributed by atoms with Crippen LogP contribution in [0.4, 0.5) is 0 Å². The zero-order valence-electron chi connectivity index (χ0n) is 10.1. The Bertz CT molecular complexity index is 881. The van der Waals surface area contributed by atoms with Gasteiger partial charge in [0.15, 0.2) is 5.65 Å². The number of rotatable bonds is 1. The Morgan fingerprint density at radius 2 is 2.05 bits per heavy atom. The molecule has 94 valence electrons. The van der Waals surface area contributed by atoms with Crippen LogP contribution in [0.25, 0.3) is 16.6 Å². The van der Waals surface area contributed by atoms with Gasteiger partial charge in [-0.2, -0.15) is 0 Å². The van der Waals surface area contributed by atoms with Gasteiger partial charge in [0, 0.05) is 6.20 Å². The number of carboxylic acids is 1. The number of carboxylic acid groups (broad SMARTS) is 1. The van der Waals surface area contributed by atoms with Crippen molar-refractivity contribution in [2.75, 3.05) is 0 Å². The second-order valence-electron chi connectivity index (χ2n) is 4.31. The fourth-order valence-corrected chi connectivity index (χ4v) is 2.16. The number of para-hydroxylation sites is 1. The molecule has 3 rings (SSSR count). The lowest BCUT2D eigenvalue weighted by atomic mass is 10.1. The van der Waals surface area contributed by atoms with Crippen molar-refractivity contribution in [3.05, 3.63) is 58.0 Å². The second kappa shape index (κ2) is 3.91. The fourth-order valence-electron chi connectivity index (χ4n) is 2.16. The van der Waals surface area contributed by atoms with Gasteiger partial charge in [-0.1, -0.05) is 12.1 Å². The molecule has 0 aliphatic rings. The summed E-state index contributed by atoms with van der Waals surface area (Å²) in [6.07, 6.45) is 1.53. The molecule has 0 radical (unpaired) electrons. The van der Waals surface area contributed by atoms with E-state index in [1.165, 1.54) is 22.7 Å². The molecule has 0 amide bonds. The van der Waals surface area contributed by atoms with E-state index in [-0.39, 0.29) is 16.8 Å². The third-order valence-electron chi connectivity index (χ3n) is 3.10.